The van der Waals surface area contributed by atoms with Crippen LogP contribution in [0.1, 0.15) is 51.9 Å². The molecule has 0 spiro atoms. The summed E-state index contributed by atoms with van der Waals surface area (Å²) >= 11 is 1.89. The smallest absolute Gasteiger partial charge is 0.108 e. The van der Waals surface area contributed by atoms with Gasteiger partial charge in [0.05, 0.1) is 0 Å². The van der Waals surface area contributed by atoms with Gasteiger partial charge in [0.1, 0.15) is 5.04 Å². The summed E-state index contributed by atoms with van der Waals surface area (Å²) in [5.41, 5.74) is 4.62. The second-order valence-electron chi connectivity index (χ2n) is 6.36. The van der Waals surface area contributed by atoms with Crippen LogP contribution in [0.3, 0.4) is 0 Å². The number of aliphatic imine (C=N–C) groups is 1. The largest absolute Gasteiger partial charge is 0.317 e. The van der Waals surface area contributed by atoms with Gasteiger partial charge in [-0.15, -0.1) is 0 Å². The first-order valence-corrected chi connectivity index (χ1v) is 9.11. The highest BCUT2D eigenvalue weighted by molar-refractivity contribution is 8.18. The highest BCUT2D eigenvalue weighted by Crippen LogP contribution is 2.48. The summed E-state index contributed by atoms with van der Waals surface area (Å²) in [6.45, 7) is 8.51. The molecule has 0 aromatic heterocycles. The molecule has 0 atom stereocenters. The summed E-state index contributed by atoms with van der Waals surface area (Å²) in [5, 5.41) is 4.66. The molecule has 0 saturated carbocycles. The van der Waals surface area contributed by atoms with Gasteiger partial charge in [0.25, 0.3) is 0 Å². The summed E-state index contributed by atoms with van der Waals surface area (Å²) in [5.74, 6) is 0.910. The van der Waals surface area contributed by atoms with Gasteiger partial charge in [0.15, 0.2) is 0 Å². The Kier molecular flexibility index (Phi) is 5.02. The van der Waals surface area contributed by atoms with Gasteiger partial charge in [-0.2, -0.15) is 0 Å². The Morgan fingerprint density at radius 1 is 1.38 bits per heavy atom. The van der Waals surface area contributed by atoms with Gasteiger partial charge >= 0.3 is 0 Å². The van der Waals surface area contributed by atoms with Crippen molar-refractivity contribution in [3.63, 3.8) is 0 Å². The zero-order valence-electron chi connectivity index (χ0n) is 13.1. The monoisotopic (exact) mass is 302 g/mol. The molecule has 2 aliphatic heterocycles. The molecule has 3 rings (SSSR count). The Bertz CT molecular complexity index is 507. The van der Waals surface area contributed by atoms with Crippen molar-refractivity contribution >= 4 is 16.8 Å². The van der Waals surface area contributed by atoms with Crippen LogP contribution in [0.5, 0.6) is 0 Å². The molecule has 1 aliphatic carbocycles. The van der Waals surface area contributed by atoms with E-state index in [1.165, 1.54) is 68.7 Å². The molecule has 1 fully saturated rings. The fourth-order valence-corrected chi connectivity index (χ4v) is 5.05. The average molecular weight is 302 g/mol. The Hall–Kier alpha value is -0.800. The topological polar surface area (TPSA) is 24.4 Å². The van der Waals surface area contributed by atoms with Gasteiger partial charge in [-0.25, -0.2) is 4.99 Å². The number of piperidine rings is 1. The van der Waals surface area contributed by atoms with E-state index in [-0.39, 0.29) is 0 Å². The average Bonchev–Trinajstić information content (AvgIpc) is 3.07. The maximum atomic E-state index is 4.54. The lowest BCUT2D eigenvalue weighted by Gasteiger charge is -2.23. The predicted octanol–water partition coefficient (Wildman–Crippen LogP) is 4.81. The Labute approximate surface area is 132 Å². The SMILES string of the molecule is C=C/N=C1/SC2=C(CCC2)/C1=C(/C)CCC1CCNCC1. The number of nitrogens with zero attached hydrogens (tertiary/aromatic N) is 1. The van der Waals surface area contributed by atoms with Crippen molar-refractivity contribution in [3.8, 4) is 0 Å². The molecule has 114 valence electrons. The van der Waals surface area contributed by atoms with Gasteiger partial charge in [0.2, 0.25) is 0 Å². The van der Waals surface area contributed by atoms with E-state index in [1.807, 2.05) is 11.8 Å². The molecule has 0 radical (unpaired) electrons. The van der Waals surface area contributed by atoms with Crippen molar-refractivity contribution in [2.24, 2.45) is 10.9 Å². The van der Waals surface area contributed by atoms with Crippen LogP contribution in [0.25, 0.3) is 0 Å². The van der Waals surface area contributed by atoms with E-state index in [4.69, 9.17) is 0 Å². The van der Waals surface area contributed by atoms with Crippen molar-refractivity contribution in [2.45, 2.75) is 51.9 Å². The number of hydrogen-bond donors (Lipinski definition) is 1. The second kappa shape index (κ2) is 6.97. The highest BCUT2D eigenvalue weighted by Gasteiger charge is 2.31. The van der Waals surface area contributed by atoms with Crippen molar-refractivity contribution in [3.05, 3.63) is 34.4 Å². The third-order valence-corrected chi connectivity index (χ3v) is 6.12. The van der Waals surface area contributed by atoms with E-state index in [0.717, 1.165) is 5.92 Å². The van der Waals surface area contributed by atoms with Crippen molar-refractivity contribution in [1.82, 2.24) is 5.32 Å². The molecule has 2 nitrogen and oxygen atoms in total. The third kappa shape index (κ3) is 3.35. The van der Waals surface area contributed by atoms with Crippen molar-refractivity contribution in [2.75, 3.05) is 13.1 Å². The standard InChI is InChI=1S/C18H26N2S/c1-3-20-18-17(15-5-4-6-16(15)21-18)13(2)7-8-14-9-11-19-12-10-14/h3,14,19H,1,4-12H2,2H3/b17-13+,20-18+. The quantitative estimate of drug-likeness (QED) is 0.806. The first-order valence-electron chi connectivity index (χ1n) is 8.29. The number of allylic oxidation sites excluding steroid dienone is 3. The van der Waals surface area contributed by atoms with Crippen LogP contribution in [0, 0.1) is 5.92 Å². The molecule has 1 N–H and O–H groups in total. The number of nitrogens with one attached hydrogen (secondary N) is 1. The molecule has 1 saturated heterocycles. The lowest BCUT2D eigenvalue weighted by Crippen LogP contribution is -2.27. The van der Waals surface area contributed by atoms with Gasteiger partial charge in [0, 0.05) is 11.8 Å². The molecule has 0 amide bonds. The number of hydrogen-bond acceptors (Lipinski definition) is 3. The van der Waals surface area contributed by atoms with Crippen LogP contribution in [0.2, 0.25) is 0 Å². The van der Waals surface area contributed by atoms with E-state index >= 15 is 0 Å². The van der Waals surface area contributed by atoms with Crippen LogP contribution in [0.4, 0.5) is 0 Å². The molecular weight excluding hydrogens is 276 g/mol. The maximum Gasteiger partial charge on any atom is 0.108 e. The zero-order valence-corrected chi connectivity index (χ0v) is 13.9. The summed E-state index contributed by atoms with van der Waals surface area (Å²) in [4.78, 5) is 6.11. The molecule has 3 aliphatic rings. The zero-order chi connectivity index (χ0) is 14.7. The van der Waals surface area contributed by atoms with E-state index in [2.05, 4.69) is 23.8 Å². The van der Waals surface area contributed by atoms with Crippen LogP contribution in [0.15, 0.2) is 39.4 Å². The predicted molar refractivity (Wildman–Crippen MR) is 93.6 cm³/mol. The third-order valence-electron chi connectivity index (χ3n) is 4.92. The van der Waals surface area contributed by atoms with Gasteiger partial charge < -0.3 is 5.32 Å². The maximum absolute atomic E-state index is 4.54. The van der Waals surface area contributed by atoms with E-state index < -0.39 is 0 Å². The fourth-order valence-electron chi connectivity index (χ4n) is 3.72. The van der Waals surface area contributed by atoms with Crippen LogP contribution < -0.4 is 5.32 Å². The second-order valence-corrected chi connectivity index (χ2v) is 7.45. The normalized spacial score (nSPS) is 27.4. The summed E-state index contributed by atoms with van der Waals surface area (Å²) < 4.78 is 0. The van der Waals surface area contributed by atoms with E-state index in [9.17, 15) is 0 Å². The first-order chi connectivity index (χ1) is 10.3. The van der Waals surface area contributed by atoms with Gasteiger partial charge in [-0.3, -0.25) is 0 Å². The minimum absolute atomic E-state index is 0.910. The minimum Gasteiger partial charge on any atom is -0.317 e. The Balaban J connectivity index is 1.73. The highest BCUT2D eigenvalue weighted by atomic mass is 32.2. The van der Waals surface area contributed by atoms with Crippen molar-refractivity contribution in [1.29, 1.82) is 0 Å². The first kappa shape index (κ1) is 15.1. The van der Waals surface area contributed by atoms with Crippen LogP contribution in [-0.4, -0.2) is 18.1 Å². The molecular formula is C18H26N2S. The van der Waals surface area contributed by atoms with E-state index in [0.29, 0.717) is 0 Å². The molecule has 0 bridgehead atoms. The molecule has 0 unspecified atom stereocenters. The molecule has 0 aromatic carbocycles. The fraction of sp³-hybridized carbons (Fsp3) is 0.611. The molecule has 3 heteroatoms. The number of thioether (sulfide) groups is 1. The summed E-state index contributed by atoms with van der Waals surface area (Å²) in [6, 6.07) is 0. The lowest BCUT2D eigenvalue weighted by molar-refractivity contribution is 0.354. The van der Waals surface area contributed by atoms with Crippen LogP contribution >= 0.6 is 11.8 Å². The van der Waals surface area contributed by atoms with Gasteiger partial charge in [-0.1, -0.05) is 23.9 Å². The van der Waals surface area contributed by atoms with Crippen molar-refractivity contribution < 1.29 is 0 Å². The van der Waals surface area contributed by atoms with E-state index in [1.54, 1.807) is 22.3 Å². The molecule has 2 heterocycles. The Morgan fingerprint density at radius 3 is 2.95 bits per heavy atom. The molecule has 0 aromatic rings. The molecule has 21 heavy (non-hydrogen) atoms. The van der Waals surface area contributed by atoms with Gasteiger partial charge in [-0.05, 0) is 81.4 Å². The minimum atomic E-state index is 0.910. The number of rotatable bonds is 4. The lowest BCUT2D eigenvalue weighted by atomic mass is 9.89. The summed E-state index contributed by atoms with van der Waals surface area (Å²) in [7, 11) is 0. The van der Waals surface area contributed by atoms with Crippen LogP contribution in [-0.2, 0) is 0 Å². The Morgan fingerprint density at radius 2 is 2.19 bits per heavy atom. The summed E-state index contributed by atoms with van der Waals surface area (Å²) in [6.07, 6.45) is 10.8.